The Balaban J connectivity index is 0.00000200. The molecule has 1 aromatic carbocycles. The van der Waals surface area contributed by atoms with Gasteiger partial charge < -0.3 is 5.61 Å². The van der Waals surface area contributed by atoms with E-state index in [-0.39, 0.29) is 41.4 Å². The molecule has 0 unspecified atom stereocenters. The van der Waals surface area contributed by atoms with Crippen molar-refractivity contribution in [2.24, 2.45) is 0 Å². The van der Waals surface area contributed by atoms with Gasteiger partial charge in [0.25, 0.3) is 0 Å². The fourth-order valence-electron chi connectivity index (χ4n) is 1.38. The molecule has 0 aliphatic carbocycles. The van der Waals surface area contributed by atoms with Crippen LogP contribution in [-0.2, 0) is 14.3 Å². The van der Waals surface area contributed by atoms with Crippen molar-refractivity contribution in [3.8, 4) is 0 Å². The number of carbonyl (C=O) groups excluding carboxylic acids is 1. The van der Waals surface area contributed by atoms with Crippen molar-refractivity contribution >= 4 is 16.1 Å². The predicted octanol–water partition coefficient (Wildman–Crippen LogP) is -0.948. The van der Waals surface area contributed by atoms with Gasteiger partial charge in [-0.15, -0.1) is 0 Å². The molecule has 2 aromatic rings. The quantitative estimate of drug-likeness (QED) is 0.540. The fraction of sp³-hybridized carbons (Fsp3) is 0.0769. The minimum Gasteiger partial charge on any atom is -1.00 e. The summed E-state index contributed by atoms with van der Waals surface area (Å²) in [6.07, 6.45) is 2.72. The molecule has 100 valence electrons. The predicted molar refractivity (Wildman–Crippen MR) is 69.1 cm³/mol. The number of aryl methyl sites for hydroxylation is 1. The van der Waals surface area contributed by atoms with Crippen LogP contribution < -0.4 is 29.6 Å². The second kappa shape index (κ2) is 6.99. The SMILES string of the molecule is Cc1ccc(S(=O)(=O)OC(=O)c2cccnc2)cc1.[H-].[Na+]. The normalized spacial score (nSPS) is 10.4. The van der Waals surface area contributed by atoms with Gasteiger partial charge in [0.15, 0.2) is 0 Å². The molecule has 0 atom stereocenters. The molecule has 0 saturated heterocycles. The Kier molecular flexibility index (Phi) is 5.88. The van der Waals surface area contributed by atoms with Gasteiger partial charge in [0.2, 0.25) is 0 Å². The van der Waals surface area contributed by atoms with Gasteiger partial charge in [0, 0.05) is 12.4 Å². The number of pyridine rings is 1. The van der Waals surface area contributed by atoms with E-state index >= 15 is 0 Å². The summed E-state index contributed by atoms with van der Waals surface area (Å²) in [5, 5.41) is 0. The van der Waals surface area contributed by atoms with Gasteiger partial charge in [0.05, 0.1) is 5.56 Å². The van der Waals surface area contributed by atoms with Crippen LogP contribution in [0.3, 0.4) is 0 Å². The fourth-order valence-corrected chi connectivity index (χ4v) is 2.25. The summed E-state index contributed by atoms with van der Waals surface area (Å²) in [5.41, 5.74) is 0.996. The van der Waals surface area contributed by atoms with E-state index in [0.717, 1.165) is 5.56 Å². The van der Waals surface area contributed by atoms with E-state index < -0.39 is 16.1 Å². The molecule has 0 spiro atoms. The van der Waals surface area contributed by atoms with Gasteiger partial charge in [-0.2, -0.15) is 8.42 Å². The van der Waals surface area contributed by atoms with Crippen LogP contribution in [-0.4, -0.2) is 19.4 Å². The second-order valence-corrected chi connectivity index (χ2v) is 5.43. The summed E-state index contributed by atoms with van der Waals surface area (Å²) < 4.78 is 28.3. The smallest absolute Gasteiger partial charge is 1.00 e. The minimum atomic E-state index is -4.10. The molecule has 5 nitrogen and oxygen atoms in total. The molecule has 1 aromatic heterocycles. The largest absolute Gasteiger partial charge is 1.00 e. The maximum atomic E-state index is 11.9. The first-order chi connectivity index (χ1) is 8.99. The van der Waals surface area contributed by atoms with Crippen LogP contribution in [0.1, 0.15) is 17.3 Å². The number of benzene rings is 1. The molecule has 0 aliphatic rings. The first-order valence-electron chi connectivity index (χ1n) is 5.44. The molecule has 20 heavy (non-hydrogen) atoms. The standard InChI is InChI=1S/C13H11NO4S.Na.H/c1-10-4-6-12(7-5-10)19(16,17)18-13(15)11-3-2-8-14-9-11;;/h2-9H,1H3;;/q;+1;-1. The van der Waals surface area contributed by atoms with E-state index in [1.165, 1.54) is 36.7 Å². The molecule has 0 aliphatic heterocycles. The summed E-state index contributed by atoms with van der Waals surface area (Å²) in [7, 11) is -4.10. The molecular weight excluding hydrogens is 289 g/mol. The Morgan fingerprint density at radius 1 is 1.20 bits per heavy atom. The number of aromatic nitrogens is 1. The molecule has 0 fully saturated rings. The third-order valence-corrected chi connectivity index (χ3v) is 3.61. The summed E-state index contributed by atoms with van der Waals surface area (Å²) in [4.78, 5) is 15.3. The molecule has 0 amide bonds. The third kappa shape index (κ3) is 4.14. The number of rotatable bonds is 3. The van der Waals surface area contributed by atoms with E-state index in [1.807, 2.05) is 6.92 Å². The van der Waals surface area contributed by atoms with Crippen molar-refractivity contribution in [2.75, 3.05) is 0 Å². The summed E-state index contributed by atoms with van der Waals surface area (Å²) in [6.45, 7) is 1.83. The monoisotopic (exact) mass is 301 g/mol. The van der Waals surface area contributed by atoms with Crippen molar-refractivity contribution in [1.82, 2.24) is 4.98 Å². The molecule has 0 saturated carbocycles. The van der Waals surface area contributed by atoms with Crippen LogP contribution in [0.4, 0.5) is 0 Å². The van der Waals surface area contributed by atoms with Crippen LogP contribution in [0.2, 0.25) is 0 Å². The molecule has 0 radical (unpaired) electrons. The molecule has 0 bridgehead atoms. The van der Waals surface area contributed by atoms with Gasteiger partial charge in [0.1, 0.15) is 4.90 Å². The Hall–Kier alpha value is -1.21. The van der Waals surface area contributed by atoms with Crippen LogP contribution in [0.15, 0.2) is 53.7 Å². The molecule has 7 heteroatoms. The first-order valence-corrected chi connectivity index (χ1v) is 6.85. The van der Waals surface area contributed by atoms with Gasteiger partial charge in [-0.1, -0.05) is 17.7 Å². The van der Waals surface area contributed by atoms with Gasteiger partial charge in [-0.3, -0.25) is 4.98 Å². The van der Waals surface area contributed by atoms with Gasteiger partial charge in [-0.05, 0) is 31.2 Å². The molecule has 1 heterocycles. The summed E-state index contributed by atoms with van der Waals surface area (Å²) in [5.74, 6) is -0.950. The maximum Gasteiger partial charge on any atom is 1.00 e. The van der Waals surface area contributed by atoms with E-state index in [4.69, 9.17) is 0 Å². The maximum absolute atomic E-state index is 11.9. The van der Waals surface area contributed by atoms with Crippen molar-refractivity contribution in [1.29, 1.82) is 0 Å². The number of nitrogens with zero attached hydrogens (tertiary/aromatic N) is 1. The Bertz CT molecular complexity index is 690. The van der Waals surface area contributed by atoms with E-state index in [9.17, 15) is 13.2 Å². The summed E-state index contributed by atoms with van der Waals surface area (Å²) in [6, 6.07) is 8.99. The van der Waals surface area contributed by atoms with Crippen molar-refractivity contribution in [3.05, 3.63) is 59.9 Å². The zero-order chi connectivity index (χ0) is 13.9. The van der Waals surface area contributed by atoms with Crippen LogP contribution >= 0.6 is 0 Å². The molecule has 0 N–H and O–H groups in total. The van der Waals surface area contributed by atoms with E-state index in [0.29, 0.717) is 0 Å². The van der Waals surface area contributed by atoms with Crippen molar-refractivity contribution in [2.45, 2.75) is 11.8 Å². The van der Waals surface area contributed by atoms with Crippen molar-refractivity contribution in [3.63, 3.8) is 0 Å². The Labute approximate surface area is 140 Å². The summed E-state index contributed by atoms with van der Waals surface area (Å²) >= 11 is 0. The van der Waals surface area contributed by atoms with Gasteiger partial charge in [-0.25, -0.2) is 4.79 Å². The minimum absolute atomic E-state index is 0. The first kappa shape index (κ1) is 16.8. The number of hydrogen-bond donors (Lipinski definition) is 0. The second-order valence-electron chi connectivity index (χ2n) is 3.88. The zero-order valence-electron chi connectivity index (χ0n) is 12.1. The number of hydrogen-bond acceptors (Lipinski definition) is 5. The molecular formula is C13H12NNaO4S. The Morgan fingerprint density at radius 3 is 2.40 bits per heavy atom. The number of carbonyl (C=O) groups is 1. The van der Waals surface area contributed by atoms with Crippen molar-refractivity contribution < 1.29 is 48.4 Å². The Morgan fingerprint density at radius 2 is 1.85 bits per heavy atom. The molecule has 2 rings (SSSR count). The average Bonchev–Trinajstić information content (AvgIpc) is 2.40. The zero-order valence-corrected chi connectivity index (χ0v) is 13.9. The van der Waals surface area contributed by atoms with Gasteiger partial charge >= 0.3 is 45.6 Å². The topological polar surface area (TPSA) is 73.3 Å². The van der Waals surface area contributed by atoms with Crippen LogP contribution in [0.25, 0.3) is 0 Å². The average molecular weight is 301 g/mol. The third-order valence-electron chi connectivity index (χ3n) is 2.39. The van der Waals surface area contributed by atoms with Crippen LogP contribution in [0, 0.1) is 6.92 Å². The van der Waals surface area contributed by atoms with Crippen LogP contribution in [0.5, 0.6) is 0 Å². The van der Waals surface area contributed by atoms with E-state index in [1.54, 1.807) is 12.1 Å². The van der Waals surface area contributed by atoms with E-state index in [2.05, 4.69) is 9.17 Å².